The van der Waals surface area contributed by atoms with Gasteiger partial charge in [0.05, 0.1) is 15.9 Å². The van der Waals surface area contributed by atoms with Gasteiger partial charge in [0.25, 0.3) is 11.1 Å². The third kappa shape index (κ3) is 3.74. The summed E-state index contributed by atoms with van der Waals surface area (Å²) in [5, 5.41) is 9.23. The summed E-state index contributed by atoms with van der Waals surface area (Å²) >= 11 is 7.51. The molecule has 0 aromatic heterocycles. The maximum atomic E-state index is 12.5. The fraction of sp³-hybridized carbons (Fsp3) is 0.0588. The zero-order chi connectivity index (χ0) is 17.3. The van der Waals surface area contributed by atoms with Gasteiger partial charge in [-0.05, 0) is 69.2 Å². The summed E-state index contributed by atoms with van der Waals surface area (Å²) in [6, 6.07) is 12.4. The van der Waals surface area contributed by atoms with Gasteiger partial charge in [-0.3, -0.25) is 14.5 Å². The van der Waals surface area contributed by atoms with Crippen LogP contribution in [0.25, 0.3) is 6.08 Å². The average molecular weight is 469 g/mol. The lowest BCUT2D eigenvalue weighted by Crippen LogP contribution is -2.27. The van der Waals surface area contributed by atoms with Gasteiger partial charge in [0.15, 0.2) is 0 Å². The van der Waals surface area contributed by atoms with Crippen LogP contribution in [-0.2, 0) is 11.3 Å². The highest BCUT2D eigenvalue weighted by atomic mass is 79.9. The molecule has 2 aromatic carbocycles. The molecule has 1 heterocycles. The lowest BCUT2D eigenvalue weighted by molar-refractivity contribution is -0.123. The Morgan fingerprint density at radius 1 is 1.08 bits per heavy atom. The molecule has 7 heteroatoms. The van der Waals surface area contributed by atoms with E-state index in [1.165, 1.54) is 11.0 Å². The number of amides is 2. The Kier molecular flexibility index (Phi) is 5.12. The van der Waals surface area contributed by atoms with E-state index in [2.05, 4.69) is 31.9 Å². The minimum atomic E-state index is -0.308. The Morgan fingerprint density at radius 2 is 1.79 bits per heavy atom. The van der Waals surface area contributed by atoms with E-state index in [4.69, 9.17) is 0 Å². The first-order valence-corrected chi connectivity index (χ1v) is 9.32. The van der Waals surface area contributed by atoms with E-state index in [-0.39, 0.29) is 23.4 Å². The van der Waals surface area contributed by atoms with E-state index in [9.17, 15) is 14.7 Å². The second-order valence-corrected chi connectivity index (χ2v) is 7.87. The van der Waals surface area contributed by atoms with E-state index in [0.29, 0.717) is 9.38 Å². The Bertz CT molecular complexity index is 849. The van der Waals surface area contributed by atoms with Crippen molar-refractivity contribution in [2.75, 3.05) is 0 Å². The van der Waals surface area contributed by atoms with Crippen molar-refractivity contribution in [1.82, 2.24) is 4.90 Å². The molecule has 0 atom stereocenters. The normalized spacial score (nSPS) is 16.2. The van der Waals surface area contributed by atoms with Crippen molar-refractivity contribution < 1.29 is 14.7 Å². The summed E-state index contributed by atoms with van der Waals surface area (Å²) in [5.74, 6) is -0.187. The molecule has 2 aromatic rings. The van der Waals surface area contributed by atoms with Crippen LogP contribution in [0.2, 0.25) is 0 Å². The number of benzene rings is 2. The van der Waals surface area contributed by atoms with Crippen LogP contribution in [0.4, 0.5) is 4.79 Å². The SMILES string of the molecule is O=C1S/C(=C\c2ccc(O)c(Br)c2)C(=O)N1Cc1ccc(Br)cc1. The van der Waals surface area contributed by atoms with Crippen LogP contribution in [0, 0.1) is 0 Å². The number of hydrogen-bond donors (Lipinski definition) is 1. The summed E-state index contributed by atoms with van der Waals surface area (Å²) in [6.45, 7) is 0.245. The molecule has 1 fully saturated rings. The molecule has 4 nitrogen and oxygen atoms in total. The van der Waals surface area contributed by atoms with Crippen LogP contribution in [0.1, 0.15) is 11.1 Å². The highest BCUT2D eigenvalue weighted by molar-refractivity contribution is 9.10. The van der Waals surface area contributed by atoms with Gasteiger partial charge in [-0.2, -0.15) is 0 Å². The molecule has 2 amide bonds. The van der Waals surface area contributed by atoms with Crippen molar-refractivity contribution in [2.45, 2.75) is 6.54 Å². The number of hydrogen-bond acceptors (Lipinski definition) is 4. The number of thioether (sulfide) groups is 1. The zero-order valence-electron chi connectivity index (χ0n) is 12.2. The minimum Gasteiger partial charge on any atom is -0.507 e. The fourth-order valence-electron chi connectivity index (χ4n) is 2.17. The number of imide groups is 1. The summed E-state index contributed by atoms with van der Waals surface area (Å²) in [7, 11) is 0. The third-order valence-corrected chi connectivity index (χ3v) is 5.47. The molecule has 1 saturated heterocycles. The molecule has 1 aliphatic heterocycles. The summed E-state index contributed by atoms with van der Waals surface area (Å²) in [5.41, 5.74) is 1.61. The molecule has 1 aliphatic rings. The van der Waals surface area contributed by atoms with Gasteiger partial charge in [-0.15, -0.1) is 0 Å². The number of aromatic hydroxyl groups is 1. The Morgan fingerprint density at radius 3 is 2.46 bits per heavy atom. The molecular weight excluding hydrogens is 458 g/mol. The van der Waals surface area contributed by atoms with Crippen molar-refractivity contribution >= 4 is 60.8 Å². The summed E-state index contributed by atoms with van der Waals surface area (Å²) < 4.78 is 1.48. The van der Waals surface area contributed by atoms with Crippen LogP contribution >= 0.6 is 43.6 Å². The van der Waals surface area contributed by atoms with Crippen LogP contribution in [-0.4, -0.2) is 21.2 Å². The molecule has 0 bridgehead atoms. The molecule has 24 heavy (non-hydrogen) atoms. The lowest BCUT2D eigenvalue weighted by Gasteiger charge is -2.12. The van der Waals surface area contributed by atoms with E-state index in [1.54, 1.807) is 18.2 Å². The van der Waals surface area contributed by atoms with Crippen LogP contribution in [0.3, 0.4) is 0 Å². The number of halogens is 2. The Hall–Kier alpha value is -1.57. The van der Waals surface area contributed by atoms with E-state index >= 15 is 0 Å². The maximum absolute atomic E-state index is 12.5. The van der Waals surface area contributed by atoms with Gasteiger partial charge < -0.3 is 5.11 Å². The highest BCUT2D eigenvalue weighted by Gasteiger charge is 2.34. The molecule has 0 unspecified atom stereocenters. The minimum absolute atomic E-state index is 0.121. The summed E-state index contributed by atoms with van der Waals surface area (Å²) in [4.78, 5) is 26.2. The van der Waals surface area contributed by atoms with Crippen molar-refractivity contribution in [1.29, 1.82) is 0 Å². The average Bonchev–Trinajstić information content (AvgIpc) is 2.80. The van der Waals surface area contributed by atoms with E-state index in [0.717, 1.165) is 27.4 Å². The first-order valence-electron chi connectivity index (χ1n) is 6.92. The number of carbonyl (C=O) groups excluding carboxylic acids is 2. The largest absolute Gasteiger partial charge is 0.507 e. The van der Waals surface area contributed by atoms with Crippen molar-refractivity contribution in [2.24, 2.45) is 0 Å². The summed E-state index contributed by atoms with van der Waals surface area (Å²) in [6.07, 6.45) is 1.65. The van der Waals surface area contributed by atoms with Gasteiger partial charge in [0.1, 0.15) is 5.75 Å². The van der Waals surface area contributed by atoms with Crippen LogP contribution in [0.15, 0.2) is 56.3 Å². The quantitative estimate of drug-likeness (QED) is 0.632. The lowest BCUT2D eigenvalue weighted by atomic mass is 10.2. The predicted molar refractivity (Wildman–Crippen MR) is 101 cm³/mol. The Balaban J connectivity index is 1.81. The van der Waals surface area contributed by atoms with Crippen molar-refractivity contribution in [3.8, 4) is 5.75 Å². The number of nitrogens with zero attached hydrogens (tertiary/aromatic N) is 1. The maximum Gasteiger partial charge on any atom is 0.293 e. The smallest absolute Gasteiger partial charge is 0.293 e. The highest BCUT2D eigenvalue weighted by Crippen LogP contribution is 2.34. The Labute approximate surface area is 159 Å². The van der Waals surface area contributed by atoms with Gasteiger partial charge in [0, 0.05) is 4.47 Å². The second-order valence-electron chi connectivity index (χ2n) is 5.11. The first-order chi connectivity index (χ1) is 11.4. The van der Waals surface area contributed by atoms with Gasteiger partial charge in [0.2, 0.25) is 0 Å². The first kappa shape index (κ1) is 17.3. The standard InChI is InChI=1S/C17H11Br2NO3S/c18-12-4-1-10(2-5-12)9-20-16(22)15(24-17(20)23)8-11-3-6-14(21)13(19)7-11/h1-8,21H,9H2/b15-8-. The molecule has 0 saturated carbocycles. The van der Waals surface area contributed by atoms with Gasteiger partial charge >= 0.3 is 0 Å². The topological polar surface area (TPSA) is 57.6 Å². The van der Waals surface area contributed by atoms with E-state index < -0.39 is 0 Å². The molecular formula is C17H11Br2NO3S. The number of phenolic OH excluding ortho intramolecular Hbond substituents is 1. The zero-order valence-corrected chi connectivity index (χ0v) is 16.2. The van der Waals surface area contributed by atoms with Gasteiger partial charge in [-0.1, -0.05) is 34.1 Å². The molecule has 3 rings (SSSR count). The van der Waals surface area contributed by atoms with Crippen LogP contribution in [0.5, 0.6) is 5.75 Å². The fourth-order valence-corrected chi connectivity index (χ4v) is 3.67. The predicted octanol–water partition coefficient (Wildman–Crippen LogP) is 5.15. The van der Waals surface area contributed by atoms with E-state index in [1.807, 2.05) is 24.3 Å². The second kappa shape index (κ2) is 7.13. The number of rotatable bonds is 3. The molecule has 0 spiro atoms. The molecule has 1 N–H and O–H groups in total. The monoisotopic (exact) mass is 467 g/mol. The van der Waals surface area contributed by atoms with Crippen molar-refractivity contribution in [3.63, 3.8) is 0 Å². The molecule has 0 radical (unpaired) electrons. The third-order valence-electron chi connectivity index (χ3n) is 3.40. The van der Waals surface area contributed by atoms with Crippen molar-refractivity contribution in [3.05, 3.63) is 67.4 Å². The van der Waals surface area contributed by atoms with Crippen LogP contribution < -0.4 is 0 Å². The number of carbonyl (C=O) groups is 2. The van der Waals surface area contributed by atoms with Gasteiger partial charge in [-0.25, -0.2) is 0 Å². The molecule has 0 aliphatic carbocycles. The molecule has 122 valence electrons. The number of phenols is 1.